The second kappa shape index (κ2) is 6.39. The van der Waals surface area contributed by atoms with Gasteiger partial charge in [0.1, 0.15) is 5.92 Å². The van der Waals surface area contributed by atoms with Gasteiger partial charge in [-0.3, -0.25) is 30.1 Å². The minimum Gasteiger partial charge on any atom is -0.504 e. The maximum absolute atomic E-state index is 12.4. The van der Waals surface area contributed by atoms with Gasteiger partial charge in [0.25, 0.3) is 5.56 Å². The Morgan fingerprint density at radius 1 is 1.08 bits per heavy atom. The lowest BCUT2D eigenvalue weighted by molar-refractivity contribution is -0.136. The summed E-state index contributed by atoms with van der Waals surface area (Å²) in [5.74, 6) is -4.04. The molecule has 1 aromatic carbocycles. The number of nitrogens with one attached hydrogen (secondary N) is 4. The third-order valence-electron chi connectivity index (χ3n) is 4.26. The van der Waals surface area contributed by atoms with Crippen LogP contribution in [0.3, 0.4) is 0 Å². The second-order valence-electron chi connectivity index (χ2n) is 5.81. The van der Waals surface area contributed by atoms with Crippen LogP contribution < -0.4 is 20.9 Å². The zero-order valence-corrected chi connectivity index (χ0v) is 13.9. The fraction of sp³-hybridized carbons (Fsp3) is 0.250. The number of hydrogen-bond acceptors (Lipinski definition) is 6. The van der Waals surface area contributed by atoms with E-state index in [1.165, 1.54) is 25.3 Å². The monoisotopic (exact) mass is 360 g/mol. The fourth-order valence-corrected chi connectivity index (χ4v) is 3.08. The number of carbonyl (C=O) groups excluding carboxylic acids is 3. The smallest absolute Gasteiger partial charge is 0.328 e. The molecular formula is C16H16N4O6. The van der Waals surface area contributed by atoms with E-state index in [0.29, 0.717) is 11.3 Å². The molecule has 10 heteroatoms. The summed E-state index contributed by atoms with van der Waals surface area (Å²) in [4.78, 5) is 48.4. The van der Waals surface area contributed by atoms with Crippen LogP contribution in [0.4, 0.5) is 4.79 Å². The number of ether oxygens (including phenoxy) is 1. The summed E-state index contributed by atoms with van der Waals surface area (Å²) in [6, 6.07) is 3.33. The van der Waals surface area contributed by atoms with Crippen LogP contribution in [-0.2, 0) is 9.59 Å². The molecule has 3 rings (SSSR count). The summed E-state index contributed by atoms with van der Waals surface area (Å²) in [5, 5.41) is 18.9. The average molecular weight is 360 g/mol. The van der Waals surface area contributed by atoms with Gasteiger partial charge < -0.3 is 14.9 Å². The molecule has 1 saturated heterocycles. The van der Waals surface area contributed by atoms with Crippen LogP contribution in [0, 0.1) is 12.8 Å². The summed E-state index contributed by atoms with van der Waals surface area (Å²) >= 11 is 0. The average Bonchev–Trinajstić information content (AvgIpc) is 2.90. The highest BCUT2D eigenvalue weighted by Crippen LogP contribution is 2.37. The molecule has 136 valence electrons. The number of phenolic OH excluding ortho intramolecular Hbond substituents is 1. The molecule has 1 atom stereocenters. The third-order valence-corrected chi connectivity index (χ3v) is 4.26. The van der Waals surface area contributed by atoms with Crippen molar-refractivity contribution in [3.8, 4) is 11.5 Å². The number of carbonyl (C=O) groups is 3. The first-order valence-corrected chi connectivity index (χ1v) is 7.63. The minimum atomic E-state index is -1.36. The molecule has 10 nitrogen and oxygen atoms in total. The Labute approximate surface area is 146 Å². The van der Waals surface area contributed by atoms with Crippen molar-refractivity contribution in [3.63, 3.8) is 0 Å². The molecule has 0 bridgehead atoms. The molecule has 2 heterocycles. The van der Waals surface area contributed by atoms with Crippen molar-refractivity contribution in [2.24, 2.45) is 5.92 Å². The summed E-state index contributed by atoms with van der Waals surface area (Å²) < 4.78 is 5.07. The third kappa shape index (κ3) is 2.81. The van der Waals surface area contributed by atoms with Crippen molar-refractivity contribution in [1.29, 1.82) is 0 Å². The molecule has 1 unspecified atom stereocenters. The molecule has 1 aliphatic heterocycles. The Morgan fingerprint density at radius 2 is 1.73 bits per heavy atom. The molecule has 1 aliphatic rings. The number of rotatable bonds is 4. The maximum Gasteiger partial charge on any atom is 0.328 e. The van der Waals surface area contributed by atoms with E-state index in [9.17, 15) is 24.3 Å². The highest BCUT2D eigenvalue weighted by molar-refractivity contribution is 6.16. The van der Waals surface area contributed by atoms with E-state index in [0.717, 1.165) is 0 Å². The molecule has 2 aromatic rings. The minimum absolute atomic E-state index is 0.116. The topological polar surface area (TPSA) is 153 Å². The number of methoxy groups -OCH3 is 1. The summed E-state index contributed by atoms with van der Waals surface area (Å²) in [7, 11) is 1.35. The van der Waals surface area contributed by atoms with Crippen LogP contribution in [-0.4, -0.2) is 40.3 Å². The Balaban J connectivity index is 2.21. The molecule has 0 saturated carbocycles. The van der Waals surface area contributed by atoms with Gasteiger partial charge in [0.15, 0.2) is 11.5 Å². The van der Waals surface area contributed by atoms with E-state index in [1.807, 2.05) is 10.6 Å². The van der Waals surface area contributed by atoms with Gasteiger partial charge in [0.2, 0.25) is 11.8 Å². The molecule has 26 heavy (non-hydrogen) atoms. The molecule has 1 fully saturated rings. The van der Waals surface area contributed by atoms with E-state index in [1.54, 1.807) is 6.92 Å². The van der Waals surface area contributed by atoms with Gasteiger partial charge in [-0.05, 0) is 24.6 Å². The number of aromatic hydroxyl groups is 1. The summed E-state index contributed by atoms with van der Waals surface area (Å²) in [6.45, 7) is 1.61. The number of hydrogen-bond donors (Lipinski definition) is 5. The zero-order valence-electron chi connectivity index (χ0n) is 13.9. The molecule has 0 aliphatic carbocycles. The van der Waals surface area contributed by atoms with Gasteiger partial charge in [-0.1, -0.05) is 6.07 Å². The summed E-state index contributed by atoms with van der Waals surface area (Å²) in [6.07, 6.45) is 0. The maximum atomic E-state index is 12.4. The van der Waals surface area contributed by atoms with Crippen molar-refractivity contribution < 1.29 is 24.2 Å². The number of aromatic nitrogens is 2. The normalized spacial score (nSPS) is 16.2. The van der Waals surface area contributed by atoms with Crippen molar-refractivity contribution in [2.75, 3.05) is 7.11 Å². The van der Waals surface area contributed by atoms with Crippen LogP contribution in [0.15, 0.2) is 23.0 Å². The van der Waals surface area contributed by atoms with Crippen LogP contribution in [0.5, 0.6) is 11.5 Å². The van der Waals surface area contributed by atoms with Gasteiger partial charge in [-0.2, -0.15) is 0 Å². The number of barbiturate groups is 1. The van der Waals surface area contributed by atoms with E-state index in [2.05, 4.69) is 10.2 Å². The SMILES string of the molecule is COc1cc(C(c2c(C)[nH][nH]c2=O)C2C(=O)NC(=O)NC2=O)ccc1O. The van der Waals surface area contributed by atoms with E-state index < -0.39 is 35.2 Å². The number of urea groups is 1. The standard InChI is InChI=1S/C16H16N4O6/c1-6-10(15(24)20-19-6)11(7-3-4-8(21)9(5-7)26-2)12-13(22)17-16(25)18-14(12)23/h3-5,11-12,21H,1-2H3,(H2,19,20,24)(H2,17,18,22,23,25). The van der Waals surface area contributed by atoms with Crippen LogP contribution in [0.2, 0.25) is 0 Å². The van der Waals surface area contributed by atoms with Gasteiger partial charge in [-0.15, -0.1) is 0 Å². The van der Waals surface area contributed by atoms with Gasteiger partial charge in [-0.25, -0.2) is 4.79 Å². The van der Waals surface area contributed by atoms with Crippen molar-refractivity contribution >= 4 is 17.8 Å². The lowest BCUT2D eigenvalue weighted by atomic mass is 9.79. The molecular weight excluding hydrogens is 344 g/mol. The number of aromatic amines is 2. The largest absolute Gasteiger partial charge is 0.504 e. The quantitative estimate of drug-likeness (QED) is 0.478. The van der Waals surface area contributed by atoms with E-state index in [4.69, 9.17) is 4.74 Å². The Bertz CT molecular complexity index is 940. The van der Waals surface area contributed by atoms with Crippen molar-refractivity contribution in [2.45, 2.75) is 12.8 Å². The molecule has 4 amide bonds. The zero-order chi connectivity index (χ0) is 19.0. The highest BCUT2D eigenvalue weighted by atomic mass is 16.5. The van der Waals surface area contributed by atoms with Crippen LogP contribution in [0.1, 0.15) is 22.7 Å². The number of amides is 4. The first kappa shape index (κ1) is 17.3. The number of aryl methyl sites for hydroxylation is 1. The van der Waals surface area contributed by atoms with Gasteiger partial charge in [0.05, 0.1) is 7.11 Å². The first-order chi connectivity index (χ1) is 12.3. The van der Waals surface area contributed by atoms with Crippen molar-refractivity contribution in [1.82, 2.24) is 20.8 Å². The lowest BCUT2D eigenvalue weighted by Crippen LogP contribution is -2.57. The first-order valence-electron chi connectivity index (χ1n) is 7.63. The van der Waals surface area contributed by atoms with Gasteiger partial charge >= 0.3 is 6.03 Å². The molecule has 1 aromatic heterocycles. The highest BCUT2D eigenvalue weighted by Gasteiger charge is 2.43. The fourth-order valence-electron chi connectivity index (χ4n) is 3.08. The van der Waals surface area contributed by atoms with E-state index >= 15 is 0 Å². The molecule has 0 spiro atoms. The Hall–Kier alpha value is -3.56. The van der Waals surface area contributed by atoms with E-state index in [-0.39, 0.29) is 17.1 Å². The molecule has 5 N–H and O–H groups in total. The molecule has 0 radical (unpaired) electrons. The summed E-state index contributed by atoms with van der Waals surface area (Å²) in [5.41, 5.74) is 0.487. The Kier molecular flexibility index (Phi) is 4.24. The number of benzene rings is 1. The number of phenols is 1. The predicted octanol–water partition coefficient (Wildman–Crippen LogP) is -0.160. The number of H-pyrrole nitrogens is 2. The van der Waals surface area contributed by atoms with Crippen molar-refractivity contribution in [3.05, 3.63) is 45.4 Å². The Morgan fingerprint density at radius 3 is 2.27 bits per heavy atom. The number of imide groups is 2. The lowest BCUT2D eigenvalue weighted by Gasteiger charge is -2.28. The predicted molar refractivity (Wildman–Crippen MR) is 87.8 cm³/mol. The van der Waals surface area contributed by atoms with Crippen LogP contribution in [0.25, 0.3) is 0 Å². The second-order valence-corrected chi connectivity index (χ2v) is 5.81. The van der Waals surface area contributed by atoms with Gasteiger partial charge in [0, 0.05) is 17.2 Å². The van der Waals surface area contributed by atoms with Crippen LogP contribution >= 0.6 is 0 Å².